The van der Waals surface area contributed by atoms with Crippen molar-refractivity contribution in [2.75, 3.05) is 7.05 Å². The molecule has 0 saturated heterocycles. The standard InChI is InChI=1S/C13H15N3O4S/c1-16-11(17)5-4-8(15-16)13(20)14-9(7-12(18)19)10-3-2-6-21-10/h2-3,6,9H,4-5,7H2,1H3,(H,14,20)(H,18,19). The second-order valence-electron chi connectivity index (χ2n) is 4.60. The van der Waals surface area contributed by atoms with Crippen molar-refractivity contribution < 1.29 is 19.5 Å². The molecule has 0 aromatic carbocycles. The van der Waals surface area contributed by atoms with E-state index in [4.69, 9.17) is 5.11 Å². The predicted octanol–water partition coefficient (Wildman–Crippen LogP) is 0.988. The van der Waals surface area contributed by atoms with Gasteiger partial charge in [-0.3, -0.25) is 14.4 Å². The number of carboxylic acids is 1. The van der Waals surface area contributed by atoms with Crippen molar-refractivity contribution >= 4 is 34.8 Å². The van der Waals surface area contributed by atoms with Gasteiger partial charge in [0.2, 0.25) is 5.91 Å². The number of carbonyl (C=O) groups excluding carboxylic acids is 2. The Labute approximate surface area is 125 Å². The summed E-state index contributed by atoms with van der Waals surface area (Å²) in [5.74, 6) is -1.58. The van der Waals surface area contributed by atoms with Gasteiger partial charge in [-0.2, -0.15) is 5.10 Å². The van der Waals surface area contributed by atoms with Crippen LogP contribution in [-0.2, 0) is 14.4 Å². The molecule has 1 aliphatic rings. The Hall–Kier alpha value is -2.22. The van der Waals surface area contributed by atoms with Crippen molar-refractivity contribution in [3.05, 3.63) is 22.4 Å². The van der Waals surface area contributed by atoms with Gasteiger partial charge in [-0.15, -0.1) is 11.3 Å². The lowest BCUT2D eigenvalue weighted by atomic mass is 10.1. The van der Waals surface area contributed by atoms with Crippen LogP contribution in [0.5, 0.6) is 0 Å². The number of hydrogen-bond acceptors (Lipinski definition) is 5. The summed E-state index contributed by atoms with van der Waals surface area (Å²) in [5, 5.41) is 18.5. The quantitative estimate of drug-likeness (QED) is 0.847. The van der Waals surface area contributed by atoms with Crippen LogP contribution >= 0.6 is 11.3 Å². The Balaban J connectivity index is 2.10. The number of carbonyl (C=O) groups is 3. The van der Waals surface area contributed by atoms with Crippen LogP contribution in [0.2, 0.25) is 0 Å². The highest BCUT2D eigenvalue weighted by Crippen LogP contribution is 2.22. The summed E-state index contributed by atoms with van der Waals surface area (Å²) in [6.45, 7) is 0. The highest BCUT2D eigenvalue weighted by molar-refractivity contribution is 7.10. The molecule has 21 heavy (non-hydrogen) atoms. The summed E-state index contributed by atoms with van der Waals surface area (Å²) in [5.41, 5.74) is 0.240. The minimum Gasteiger partial charge on any atom is -0.481 e. The lowest BCUT2D eigenvalue weighted by Crippen LogP contribution is -2.39. The fourth-order valence-electron chi connectivity index (χ4n) is 1.96. The van der Waals surface area contributed by atoms with Crippen molar-refractivity contribution in [1.82, 2.24) is 10.3 Å². The number of hydrogen-bond donors (Lipinski definition) is 2. The first-order valence-corrected chi connectivity index (χ1v) is 7.25. The maximum Gasteiger partial charge on any atom is 0.305 e. The third-order valence-electron chi connectivity index (χ3n) is 3.04. The van der Waals surface area contributed by atoms with Crippen LogP contribution in [0.4, 0.5) is 0 Å². The molecule has 0 spiro atoms. The zero-order valence-electron chi connectivity index (χ0n) is 11.4. The molecule has 0 aliphatic carbocycles. The predicted molar refractivity (Wildman–Crippen MR) is 76.9 cm³/mol. The molecule has 1 aliphatic heterocycles. The second kappa shape index (κ2) is 6.49. The normalized spacial score (nSPS) is 16.3. The third-order valence-corrected chi connectivity index (χ3v) is 4.03. The van der Waals surface area contributed by atoms with E-state index in [0.29, 0.717) is 0 Å². The molecule has 0 fully saturated rings. The molecule has 7 nitrogen and oxygen atoms in total. The Morgan fingerprint density at radius 2 is 2.29 bits per heavy atom. The molecule has 2 heterocycles. The van der Waals surface area contributed by atoms with Crippen LogP contribution in [0.3, 0.4) is 0 Å². The monoisotopic (exact) mass is 309 g/mol. The maximum atomic E-state index is 12.2. The van der Waals surface area contributed by atoms with E-state index in [-0.39, 0.29) is 30.9 Å². The Bertz CT molecular complexity index is 582. The number of nitrogens with one attached hydrogen (secondary N) is 1. The minimum absolute atomic E-state index is 0.146. The molecule has 0 bridgehead atoms. The zero-order valence-corrected chi connectivity index (χ0v) is 12.2. The molecular weight excluding hydrogens is 294 g/mol. The number of amides is 2. The van der Waals surface area contributed by atoms with E-state index in [1.165, 1.54) is 18.4 Å². The van der Waals surface area contributed by atoms with Crippen molar-refractivity contribution in [2.24, 2.45) is 5.10 Å². The van der Waals surface area contributed by atoms with Gasteiger partial charge >= 0.3 is 5.97 Å². The second-order valence-corrected chi connectivity index (χ2v) is 5.58. The van der Waals surface area contributed by atoms with Crippen molar-refractivity contribution in [1.29, 1.82) is 0 Å². The average molecular weight is 309 g/mol. The van der Waals surface area contributed by atoms with Gasteiger partial charge in [0, 0.05) is 24.8 Å². The summed E-state index contributed by atoms with van der Waals surface area (Å²) in [6, 6.07) is 2.98. The van der Waals surface area contributed by atoms with E-state index in [1.54, 1.807) is 12.1 Å². The van der Waals surface area contributed by atoms with Gasteiger partial charge in [-0.05, 0) is 11.4 Å². The molecule has 8 heteroatoms. The van der Waals surface area contributed by atoms with Gasteiger partial charge in [-0.1, -0.05) is 6.07 Å². The van der Waals surface area contributed by atoms with E-state index < -0.39 is 17.9 Å². The number of hydrazone groups is 1. The van der Waals surface area contributed by atoms with Crippen molar-refractivity contribution in [2.45, 2.75) is 25.3 Å². The van der Waals surface area contributed by atoms with Gasteiger partial charge in [0.15, 0.2) is 0 Å². The molecule has 0 saturated carbocycles. The molecule has 2 amide bonds. The maximum absolute atomic E-state index is 12.2. The molecule has 2 rings (SSSR count). The number of thiophene rings is 1. The summed E-state index contributed by atoms with van der Waals surface area (Å²) < 4.78 is 0. The first-order chi connectivity index (χ1) is 9.97. The Kier molecular flexibility index (Phi) is 4.69. The van der Waals surface area contributed by atoms with Gasteiger partial charge in [0.05, 0.1) is 12.5 Å². The van der Waals surface area contributed by atoms with Crippen molar-refractivity contribution in [3.63, 3.8) is 0 Å². The highest BCUT2D eigenvalue weighted by Gasteiger charge is 2.25. The van der Waals surface area contributed by atoms with Crippen molar-refractivity contribution in [3.8, 4) is 0 Å². The molecule has 1 unspecified atom stereocenters. The number of rotatable bonds is 5. The molecule has 1 atom stereocenters. The molecule has 1 aromatic heterocycles. The van der Waals surface area contributed by atoms with E-state index in [0.717, 1.165) is 9.89 Å². The van der Waals surface area contributed by atoms with Crippen LogP contribution in [-0.4, -0.2) is 40.7 Å². The molecule has 0 radical (unpaired) electrons. The zero-order chi connectivity index (χ0) is 15.4. The largest absolute Gasteiger partial charge is 0.481 e. The summed E-state index contributed by atoms with van der Waals surface area (Å²) in [4.78, 5) is 35.2. The van der Waals surface area contributed by atoms with Gasteiger partial charge in [-0.25, -0.2) is 5.01 Å². The van der Waals surface area contributed by atoms with E-state index in [1.807, 2.05) is 5.38 Å². The van der Waals surface area contributed by atoms with Crippen LogP contribution in [0.1, 0.15) is 30.2 Å². The van der Waals surface area contributed by atoms with Gasteiger partial charge < -0.3 is 10.4 Å². The number of nitrogens with zero attached hydrogens (tertiary/aromatic N) is 2. The molecule has 2 N–H and O–H groups in total. The number of carboxylic acid groups (broad SMARTS) is 1. The summed E-state index contributed by atoms with van der Waals surface area (Å²) >= 11 is 1.38. The fourth-order valence-corrected chi connectivity index (χ4v) is 2.74. The van der Waals surface area contributed by atoms with Gasteiger partial charge in [0.25, 0.3) is 5.91 Å². The van der Waals surface area contributed by atoms with E-state index in [2.05, 4.69) is 10.4 Å². The van der Waals surface area contributed by atoms with E-state index in [9.17, 15) is 14.4 Å². The SMILES string of the molecule is CN1N=C(C(=O)NC(CC(=O)O)c2cccs2)CCC1=O. The van der Waals surface area contributed by atoms with Gasteiger partial charge in [0.1, 0.15) is 5.71 Å². The number of aliphatic carboxylic acids is 1. The first kappa shape index (κ1) is 15.2. The first-order valence-electron chi connectivity index (χ1n) is 6.37. The average Bonchev–Trinajstić information content (AvgIpc) is 2.94. The lowest BCUT2D eigenvalue weighted by molar-refractivity contribution is -0.137. The Morgan fingerprint density at radius 3 is 2.86 bits per heavy atom. The van der Waals surface area contributed by atoms with Crippen LogP contribution < -0.4 is 5.32 Å². The van der Waals surface area contributed by atoms with Crippen LogP contribution in [0.25, 0.3) is 0 Å². The Morgan fingerprint density at radius 1 is 1.52 bits per heavy atom. The summed E-state index contributed by atoms with van der Waals surface area (Å²) in [6.07, 6.45) is 0.291. The summed E-state index contributed by atoms with van der Waals surface area (Å²) in [7, 11) is 1.49. The van der Waals surface area contributed by atoms with Crippen LogP contribution in [0, 0.1) is 0 Å². The smallest absolute Gasteiger partial charge is 0.305 e. The minimum atomic E-state index is -0.994. The van der Waals surface area contributed by atoms with E-state index >= 15 is 0 Å². The third kappa shape index (κ3) is 3.88. The molecular formula is C13H15N3O4S. The fraction of sp³-hybridized carbons (Fsp3) is 0.385. The van der Waals surface area contributed by atoms with Crippen LogP contribution in [0.15, 0.2) is 22.6 Å². The highest BCUT2D eigenvalue weighted by atomic mass is 32.1. The molecule has 112 valence electrons. The molecule has 1 aromatic rings. The lowest BCUT2D eigenvalue weighted by Gasteiger charge is -2.21. The topological polar surface area (TPSA) is 99.1 Å².